The van der Waals surface area contributed by atoms with E-state index in [1.54, 1.807) is 17.0 Å². The highest BCUT2D eigenvalue weighted by Gasteiger charge is 2.38. The van der Waals surface area contributed by atoms with E-state index in [-0.39, 0.29) is 29.7 Å². The van der Waals surface area contributed by atoms with Crippen molar-refractivity contribution in [2.75, 3.05) is 53.4 Å². The molecule has 1 aromatic rings. The highest BCUT2D eigenvalue weighted by molar-refractivity contribution is 6.00. The summed E-state index contributed by atoms with van der Waals surface area (Å²) in [4.78, 5) is 29.7. The van der Waals surface area contributed by atoms with E-state index < -0.39 is 0 Å². The van der Waals surface area contributed by atoms with Crippen molar-refractivity contribution in [2.24, 2.45) is 5.92 Å². The maximum absolute atomic E-state index is 13.0. The number of ether oxygens (including phenoxy) is 3. The van der Waals surface area contributed by atoms with Crippen molar-refractivity contribution in [3.63, 3.8) is 0 Å². The summed E-state index contributed by atoms with van der Waals surface area (Å²) in [5.74, 6) is 0.895. The van der Waals surface area contributed by atoms with Gasteiger partial charge >= 0.3 is 0 Å². The van der Waals surface area contributed by atoms with Crippen molar-refractivity contribution < 1.29 is 23.8 Å². The number of amides is 2. The highest BCUT2D eigenvalue weighted by Crippen LogP contribution is 2.42. The molecule has 0 bridgehead atoms. The zero-order valence-corrected chi connectivity index (χ0v) is 20.0. The summed E-state index contributed by atoms with van der Waals surface area (Å²) in [5, 5.41) is 3.17. The monoisotopic (exact) mass is 447 g/mol. The minimum atomic E-state index is -0.383. The zero-order valence-electron chi connectivity index (χ0n) is 20.0. The van der Waals surface area contributed by atoms with Gasteiger partial charge in [0.15, 0.2) is 11.5 Å². The predicted molar refractivity (Wildman–Crippen MR) is 124 cm³/mol. The van der Waals surface area contributed by atoms with E-state index in [4.69, 9.17) is 14.2 Å². The maximum Gasteiger partial charge on any atom is 0.227 e. The first-order valence-corrected chi connectivity index (χ1v) is 11.4. The fourth-order valence-corrected chi connectivity index (χ4v) is 4.92. The van der Waals surface area contributed by atoms with Crippen LogP contribution in [0.3, 0.4) is 0 Å². The molecule has 1 saturated heterocycles. The van der Waals surface area contributed by atoms with Crippen LogP contribution in [0.25, 0.3) is 0 Å². The summed E-state index contributed by atoms with van der Waals surface area (Å²) >= 11 is 0. The van der Waals surface area contributed by atoms with Crippen molar-refractivity contribution in [1.29, 1.82) is 0 Å². The number of carbonyl (C=O) groups is 2. The molecule has 32 heavy (non-hydrogen) atoms. The van der Waals surface area contributed by atoms with E-state index in [9.17, 15) is 9.59 Å². The van der Waals surface area contributed by atoms with Gasteiger partial charge in [-0.3, -0.25) is 9.59 Å². The van der Waals surface area contributed by atoms with Gasteiger partial charge in [0, 0.05) is 37.2 Å². The van der Waals surface area contributed by atoms with Gasteiger partial charge in [-0.15, -0.1) is 0 Å². The Labute approximate surface area is 191 Å². The standard InChI is InChI=1S/C24H37N3O5/c1-26(2)24(10-8-6-7-9-11-24)16-25-23(29)17-12-21(28)27(15-17)18-13-19(30-3)22(32-5)20(14-18)31-4/h13-14,17H,6-12,15-16H2,1-5H3,(H,25,29). The van der Waals surface area contributed by atoms with Crippen LogP contribution >= 0.6 is 0 Å². The smallest absolute Gasteiger partial charge is 0.227 e. The number of rotatable bonds is 8. The van der Waals surface area contributed by atoms with Gasteiger partial charge in [-0.2, -0.15) is 0 Å². The molecule has 0 aromatic heterocycles. The summed E-state index contributed by atoms with van der Waals surface area (Å²) in [6, 6.07) is 3.48. The summed E-state index contributed by atoms with van der Waals surface area (Å²) in [6.45, 7) is 0.950. The summed E-state index contributed by atoms with van der Waals surface area (Å²) in [6.07, 6.45) is 7.24. The molecule has 1 saturated carbocycles. The van der Waals surface area contributed by atoms with Crippen LogP contribution in [-0.2, 0) is 9.59 Å². The van der Waals surface area contributed by atoms with Crippen LogP contribution in [0.2, 0.25) is 0 Å². The van der Waals surface area contributed by atoms with Crippen LogP contribution in [0.15, 0.2) is 12.1 Å². The molecule has 2 amide bonds. The Balaban J connectivity index is 1.70. The number of anilines is 1. The van der Waals surface area contributed by atoms with Crippen LogP contribution in [0.4, 0.5) is 5.69 Å². The second-order valence-electron chi connectivity index (χ2n) is 9.04. The number of methoxy groups -OCH3 is 3. The van der Waals surface area contributed by atoms with Crippen LogP contribution in [0.5, 0.6) is 17.2 Å². The van der Waals surface area contributed by atoms with Gasteiger partial charge in [0.25, 0.3) is 0 Å². The van der Waals surface area contributed by atoms with Gasteiger partial charge in [-0.1, -0.05) is 25.7 Å². The van der Waals surface area contributed by atoms with Crippen LogP contribution < -0.4 is 24.4 Å². The van der Waals surface area contributed by atoms with Gasteiger partial charge in [0.05, 0.1) is 32.9 Å². The SMILES string of the molecule is COc1cc(N2CC(C(=O)NCC3(N(C)C)CCCCCC3)CC2=O)cc(OC)c1OC. The van der Waals surface area contributed by atoms with Gasteiger partial charge < -0.3 is 29.3 Å². The largest absolute Gasteiger partial charge is 0.493 e. The minimum absolute atomic E-state index is 0.00875. The second-order valence-corrected chi connectivity index (χ2v) is 9.04. The Hall–Kier alpha value is -2.48. The molecule has 1 unspecified atom stereocenters. The second kappa shape index (κ2) is 10.4. The Bertz CT molecular complexity index is 793. The first-order valence-electron chi connectivity index (χ1n) is 11.4. The fraction of sp³-hybridized carbons (Fsp3) is 0.667. The topological polar surface area (TPSA) is 80.3 Å². The molecule has 0 radical (unpaired) electrons. The number of hydrogen-bond acceptors (Lipinski definition) is 6. The number of benzene rings is 1. The molecule has 1 heterocycles. The maximum atomic E-state index is 13.0. The van der Waals surface area contributed by atoms with E-state index in [1.807, 2.05) is 0 Å². The fourth-order valence-electron chi connectivity index (χ4n) is 4.92. The lowest BCUT2D eigenvalue weighted by Gasteiger charge is -2.40. The van der Waals surface area contributed by atoms with Crippen LogP contribution in [0, 0.1) is 5.92 Å². The third-order valence-corrected chi connectivity index (χ3v) is 7.03. The van der Waals surface area contributed by atoms with Crippen LogP contribution in [0.1, 0.15) is 44.9 Å². The van der Waals surface area contributed by atoms with Crippen molar-refractivity contribution >= 4 is 17.5 Å². The first-order chi connectivity index (χ1) is 15.3. The quantitative estimate of drug-likeness (QED) is 0.618. The average molecular weight is 448 g/mol. The molecule has 2 aliphatic rings. The molecule has 178 valence electrons. The minimum Gasteiger partial charge on any atom is -0.493 e. The first kappa shape index (κ1) is 24.2. The van der Waals surface area contributed by atoms with E-state index in [2.05, 4.69) is 24.3 Å². The number of carbonyl (C=O) groups excluding carboxylic acids is 2. The molecule has 1 aliphatic carbocycles. The molecular weight excluding hydrogens is 410 g/mol. The molecule has 8 nitrogen and oxygen atoms in total. The molecule has 1 atom stereocenters. The normalized spacial score (nSPS) is 20.8. The van der Waals surface area contributed by atoms with Crippen molar-refractivity contribution in [3.8, 4) is 17.2 Å². The van der Waals surface area contributed by atoms with Crippen LogP contribution in [-0.4, -0.2) is 70.8 Å². The lowest BCUT2D eigenvalue weighted by molar-refractivity contribution is -0.126. The molecule has 0 spiro atoms. The van der Waals surface area contributed by atoms with Gasteiger partial charge in [-0.05, 0) is 26.9 Å². The van der Waals surface area contributed by atoms with Crippen molar-refractivity contribution in [2.45, 2.75) is 50.5 Å². The summed E-state index contributed by atoms with van der Waals surface area (Å²) in [7, 11) is 8.82. The predicted octanol–water partition coefficient (Wildman–Crippen LogP) is 2.84. The average Bonchev–Trinajstić information content (AvgIpc) is 3.02. The van der Waals surface area contributed by atoms with Gasteiger partial charge in [0.1, 0.15) is 0 Å². The lowest BCUT2D eigenvalue weighted by Crippen LogP contribution is -2.53. The highest BCUT2D eigenvalue weighted by atomic mass is 16.5. The van der Waals surface area contributed by atoms with Crippen molar-refractivity contribution in [1.82, 2.24) is 10.2 Å². The molecule has 2 fully saturated rings. The third kappa shape index (κ3) is 4.95. The molecular formula is C24H37N3O5. The zero-order chi connectivity index (χ0) is 23.3. The van der Waals surface area contributed by atoms with E-state index in [1.165, 1.54) is 47.0 Å². The number of hydrogen-bond donors (Lipinski definition) is 1. The van der Waals surface area contributed by atoms with E-state index in [0.29, 0.717) is 36.0 Å². The third-order valence-electron chi connectivity index (χ3n) is 7.03. The summed E-state index contributed by atoms with van der Waals surface area (Å²) < 4.78 is 16.2. The number of nitrogens with zero attached hydrogens (tertiary/aromatic N) is 2. The van der Waals surface area contributed by atoms with E-state index >= 15 is 0 Å². The van der Waals surface area contributed by atoms with Gasteiger partial charge in [0.2, 0.25) is 17.6 Å². The lowest BCUT2D eigenvalue weighted by atomic mass is 9.88. The molecule has 8 heteroatoms. The molecule has 1 N–H and O–H groups in total. The Morgan fingerprint density at radius 2 is 1.66 bits per heavy atom. The van der Waals surface area contributed by atoms with Gasteiger partial charge in [-0.25, -0.2) is 0 Å². The summed E-state index contributed by atoms with van der Waals surface area (Å²) in [5.41, 5.74) is 0.624. The molecule has 1 aliphatic heterocycles. The Morgan fingerprint density at radius 1 is 1.06 bits per heavy atom. The van der Waals surface area contributed by atoms with E-state index in [0.717, 1.165) is 12.8 Å². The molecule has 1 aromatic carbocycles. The Morgan fingerprint density at radius 3 is 2.16 bits per heavy atom. The molecule has 3 rings (SSSR count). The Kier molecular flexibility index (Phi) is 7.87. The van der Waals surface area contributed by atoms with Crippen molar-refractivity contribution in [3.05, 3.63) is 12.1 Å². The number of nitrogens with one attached hydrogen (secondary N) is 1. The number of likely N-dealkylation sites (N-methyl/N-ethyl adjacent to an activating group) is 1.